The molecule has 0 saturated heterocycles. The minimum atomic E-state index is -3.58. The first kappa shape index (κ1) is 18.1. The Morgan fingerprint density at radius 2 is 1.56 bits per heavy atom. The van der Waals surface area contributed by atoms with Crippen molar-refractivity contribution in [2.75, 3.05) is 13.7 Å². The van der Waals surface area contributed by atoms with Gasteiger partial charge in [0.25, 0.3) is 0 Å². The number of hydrogen-bond donors (Lipinski definition) is 1. The zero-order chi connectivity index (χ0) is 18.2. The molecule has 1 aliphatic rings. The Morgan fingerprint density at radius 1 is 1.00 bits per heavy atom. The van der Waals surface area contributed by atoms with E-state index in [9.17, 15) is 8.42 Å². The van der Waals surface area contributed by atoms with E-state index in [4.69, 9.17) is 4.74 Å². The maximum Gasteiger partial charge on any atom is 0.240 e. The molecule has 2 aromatic rings. The Labute approximate surface area is 150 Å². The molecule has 0 spiro atoms. The van der Waals surface area contributed by atoms with Crippen molar-refractivity contribution >= 4 is 10.0 Å². The van der Waals surface area contributed by atoms with E-state index in [2.05, 4.69) is 16.9 Å². The van der Waals surface area contributed by atoms with E-state index >= 15 is 0 Å². The molecule has 0 atom stereocenters. The second-order valence-corrected chi connectivity index (χ2v) is 8.77. The molecule has 5 heteroatoms. The molecule has 25 heavy (non-hydrogen) atoms. The summed E-state index contributed by atoms with van der Waals surface area (Å²) in [5, 5.41) is 0. The normalized spacial score (nSPS) is 16.0. The maximum absolute atomic E-state index is 12.8. The zero-order valence-electron chi connectivity index (χ0n) is 15.2. The Hall–Kier alpha value is -1.69. The minimum Gasteiger partial charge on any atom is -0.376 e. The molecule has 2 aromatic carbocycles. The molecular formula is C20H25NO3S. The number of hydrogen-bond acceptors (Lipinski definition) is 3. The third-order valence-electron chi connectivity index (χ3n) is 5.24. The van der Waals surface area contributed by atoms with E-state index < -0.39 is 15.6 Å². The van der Waals surface area contributed by atoms with Crippen LogP contribution in [0.25, 0.3) is 0 Å². The largest absolute Gasteiger partial charge is 0.376 e. The van der Waals surface area contributed by atoms with Gasteiger partial charge in [-0.15, -0.1) is 0 Å². The smallest absolute Gasteiger partial charge is 0.240 e. The molecule has 0 fully saturated rings. The van der Waals surface area contributed by atoms with Crippen molar-refractivity contribution in [1.82, 2.24) is 4.72 Å². The Morgan fingerprint density at radius 3 is 2.12 bits per heavy atom. The van der Waals surface area contributed by atoms with Gasteiger partial charge in [-0.25, -0.2) is 13.1 Å². The summed E-state index contributed by atoms with van der Waals surface area (Å²) in [4.78, 5) is 0.345. The SMILES string of the molecule is COC1(CNS(=O)(=O)c2cc(C)c(C)cc2C)Cc2ccccc2C1. The van der Waals surface area contributed by atoms with Gasteiger partial charge >= 0.3 is 0 Å². The molecule has 0 aliphatic heterocycles. The van der Waals surface area contributed by atoms with Gasteiger partial charge in [-0.3, -0.25) is 0 Å². The van der Waals surface area contributed by atoms with Crippen LogP contribution in [0.2, 0.25) is 0 Å². The van der Waals surface area contributed by atoms with Crippen molar-refractivity contribution in [1.29, 1.82) is 0 Å². The van der Waals surface area contributed by atoms with Gasteiger partial charge < -0.3 is 4.74 Å². The summed E-state index contributed by atoms with van der Waals surface area (Å²) in [5.74, 6) is 0. The van der Waals surface area contributed by atoms with Crippen molar-refractivity contribution < 1.29 is 13.2 Å². The van der Waals surface area contributed by atoms with Gasteiger partial charge in [0.2, 0.25) is 10.0 Å². The van der Waals surface area contributed by atoms with Crippen LogP contribution in [0.5, 0.6) is 0 Å². The quantitative estimate of drug-likeness (QED) is 0.893. The van der Waals surface area contributed by atoms with Gasteiger partial charge in [-0.1, -0.05) is 30.3 Å². The van der Waals surface area contributed by atoms with E-state index in [1.54, 1.807) is 13.2 Å². The Bertz CT molecular complexity index is 878. The third kappa shape index (κ3) is 3.50. The van der Waals surface area contributed by atoms with Gasteiger partial charge in [-0.05, 0) is 54.7 Å². The minimum absolute atomic E-state index is 0.257. The van der Waals surface area contributed by atoms with Crippen LogP contribution >= 0.6 is 0 Å². The number of aryl methyl sites for hydroxylation is 3. The molecule has 4 nitrogen and oxygen atoms in total. The first-order valence-electron chi connectivity index (χ1n) is 8.46. The molecule has 1 aliphatic carbocycles. The highest BCUT2D eigenvalue weighted by molar-refractivity contribution is 7.89. The van der Waals surface area contributed by atoms with Gasteiger partial charge in [-0.2, -0.15) is 0 Å². The van der Waals surface area contributed by atoms with Crippen molar-refractivity contribution in [2.45, 2.75) is 44.1 Å². The Kier molecular flexibility index (Phi) is 4.75. The maximum atomic E-state index is 12.8. The van der Waals surface area contributed by atoms with Crippen LogP contribution < -0.4 is 4.72 Å². The highest BCUT2D eigenvalue weighted by atomic mass is 32.2. The fourth-order valence-electron chi connectivity index (χ4n) is 3.53. The van der Waals surface area contributed by atoms with Crippen LogP contribution in [-0.4, -0.2) is 27.7 Å². The van der Waals surface area contributed by atoms with Crippen molar-refractivity contribution in [3.05, 3.63) is 64.2 Å². The molecular weight excluding hydrogens is 334 g/mol. The first-order valence-corrected chi connectivity index (χ1v) is 9.94. The summed E-state index contributed by atoms with van der Waals surface area (Å²) in [6.07, 6.45) is 1.43. The van der Waals surface area contributed by atoms with Gasteiger partial charge in [0, 0.05) is 26.5 Å². The number of methoxy groups -OCH3 is 1. The van der Waals surface area contributed by atoms with Crippen LogP contribution in [-0.2, 0) is 27.6 Å². The van der Waals surface area contributed by atoms with E-state index in [1.807, 2.05) is 39.0 Å². The number of nitrogens with one attached hydrogen (secondary N) is 1. The molecule has 1 N–H and O–H groups in total. The average molecular weight is 359 g/mol. The molecule has 134 valence electrons. The molecule has 0 saturated carbocycles. The molecule has 0 aromatic heterocycles. The lowest BCUT2D eigenvalue weighted by Gasteiger charge is -2.28. The lowest BCUT2D eigenvalue weighted by atomic mass is 10.0. The van der Waals surface area contributed by atoms with Crippen LogP contribution in [0.1, 0.15) is 27.8 Å². The second kappa shape index (κ2) is 6.56. The summed E-state index contributed by atoms with van der Waals surface area (Å²) in [6.45, 7) is 6.01. The summed E-state index contributed by atoms with van der Waals surface area (Å²) in [6, 6.07) is 11.8. The molecule has 3 rings (SSSR count). The monoisotopic (exact) mass is 359 g/mol. The number of benzene rings is 2. The Balaban J connectivity index is 1.82. The van der Waals surface area contributed by atoms with Crippen LogP contribution in [0.4, 0.5) is 0 Å². The van der Waals surface area contributed by atoms with Crippen LogP contribution in [0.15, 0.2) is 41.3 Å². The summed E-state index contributed by atoms with van der Waals surface area (Å²) >= 11 is 0. The number of ether oxygens (including phenoxy) is 1. The third-order valence-corrected chi connectivity index (χ3v) is 6.79. The standard InChI is InChI=1S/C20H25NO3S/c1-14-9-16(3)19(10-15(14)2)25(22,23)21-13-20(24-4)11-17-7-5-6-8-18(17)12-20/h5-10,21H,11-13H2,1-4H3. The fourth-order valence-corrected chi connectivity index (χ4v) is 4.95. The molecule has 0 unspecified atom stereocenters. The molecule has 0 radical (unpaired) electrons. The predicted molar refractivity (Wildman–Crippen MR) is 99.4 cm³/mol. The number of sulfonamides is 1. The lowest BCUT2D eigenvalue weighted by Crippen LogP contribution is -2.45. The number of rotatable bonds is 5. The zero-order valence-corrected chi connectivity index (χ0v) is 16.0. The van der Waals surface area contributed by atoms with Crippen molar-refractivity contribution in [3.63, 3.8) is 0 Å². The van der Waals surface area contributed by atoms with Gasteiger partial charge in [0.05, 0.1) is 10.5 Å². The molecule has 0 heterocycles. The highest BCUT2D eigenvalue weighted by Gasteiger charge is 2.38. The fraction of sp³-hybridized carbons (Fsp3) is 0.400. The predicted octanol–water partition coefficient (Wildman–Crippen LogP) is 3.07. The summed E-state index contributed by atoms with van der Waals surface area (Å²) < 4.78 is 34.2. The number of fused-ring (bicyclic) bond motifs is 1. The first-order chi connectivity index (χ1) is 11.8. The van der Waals surface area contributed by atoms with E-state index in [-0.39, 0.29) is 6.54 Å². The van der Waals surface area contributed by atoms with Crippen LogP contribution in [0.3, 0.4) is 0 Å². The van der Waals surface area contributed by atoms with Crippen LogP contribution in [0, 0.1) is 20.8 Å². The van der Waals surface area contributed by atoms with E-state index in [1.165, 1.54) is 11.1 Å². The topological polar surface area (TPSA) is 55.4 Å². The second-order valence-electron chi connectivity index (χ2n) is 7.04. The molecule has 0 bridgehead atoms. The van der Waals surface area contributed by atoms with E-state index in [0.717, 1.165) is 16.7 Å². The lowest BCUT2D eigenvalue weighted by molar-refractivity contribution is 0.00378. The highest BCUT2D eigenvalue weighted by Crippen LogP contribution is 2.32. The van der Waals surface area contributed by atoms with E-state index in [0.29, 0.717) is 17.7 Å². The van der Waals surface area contributed by atoms with Crippen molar-refractivity contribution in [2.24, 2.45) is 0 Å². The summed E-state index contributed by atoms with van der Waals surface area (Å²) in [7, 11) is -1.93. The molecule has 0 amide bonds. The summed E-state index contributed by atoms with van der Waals surface area (Å²) in [5.41, 5.74) is 4.76. The average Bonchev–Trinajstić information content (AvgIpc) is 2.95. The van der Waals surface area contributed by atoms with Gasteiger partial charge in [0.15, 0.2) is 0 Å². The van der Waals surface area contributed by atoms with Crippen molar-refractivity contribution in [3.8, 4) is 0 Å². The van der Waals surface area contributed by atoms with Gasteiger partial charge in [0.1, 0.15) is 0 Å².